The third kappa shape index (κ3) is 5.85. The first-order valence-electron chi connectivity index (χ1n) is 12.7. The first-order valence-corrected chi connectivity index (χ1v) is 13.5. The van der Waals surface area contributed by atoms with E-state index < -0.39 is 5.91 Å². The molecule has 0 atom stereocenters. The minimum Gasteiger partial charge on any atom is -0.490 e. The van der Waals surface area contributed by atoms with E-state index in [1.54, 1.807) is 6.08 Å². The number of nitrogens with zero attached hydrogens (tertiary/aromatic N) is 3. The number of carbonyl (C=O) groups excluding carboxylic acids is 1. The lowest BCUT2D eigenvalue weighted by atomic mass is 9.90. The zero-order valence-corrected chi connectivity index (χ0v) is 21.5. The Bertz CT molecular complexity index is 1280. The largest absolute Gasteiger partial charge is 0.490 e. The molecular formula is C29H30N4O3S. The topological polar surface area (TPSA) is 87.3 Å². The molecule has 0 aromatic heterocycles. The van der Waals surface area contributed by atoms with Crippen LogP contribution in [0.3, 0.4) is 0 Å². The summed E-state index contributed by atoms with van der Waals surface area (Å²) in [5, 5.41) is 16.3. The van der Waals surface area contributed by atoms with Gasteiger partial charge < -0.3 is 9.47 Å². The fourth-order valence-corrected chi connectivity index (χ4v) is 5.69. The molecule has 0 bridgehead atoms. The van der Waals surface area contributed by atoms with Crippen molar-refractivity contribution in [2.45, 2.75) is 38.5 Å². The van der Waals surface area contributed by atoms with Gasteiger partial charge in [-0.25, -0.2) is 0 Å². The van der Waals surface area contributed by atoms with Gasteiger partial charge in [0.15, 0.2) is 5.84 Å². The molecular weight excluding hydrogens is 484 g/mol. The first-order chi connectivity index (χ1) is 18.1. The van der Waals surface area contributed by atoms with Crippen LogP contribution in [0, 0.1) is 11.3 Å². The van der Waals surface area contributed by atoms with Gasteiger partial charge in [-0.15, -0.1) is 6.58 Å². The average Bonchev–Trinajstić information content (AvgIpc) is 3.35. The number of allylic oxidation sites excluding steroid dienone is 1. The molecule has 7 nitrogen and oxygen atoms in total. The van der Waals surface area contributed by atoms with Gasteiger partial charge >= 0.3 is 0 Å². The minimum absolute atomic E-state index is 0.0718. The lowest BCUT2D eigenvalue weighted by molar-refractivity contribution is -0.114. The van der Waals surface area contributed by atoms with Gasteiger partial charge in [0.1, 0.15) is 29.8 Å². The van der Waals surface area contributed by atoms with E-state index in [1.165, 1.54) is 36.0 Å². The van der Waals surface area contributed by atoms with Crippen LogP contribution in [0.4, 0.5) is 0 Å². The molecule has 2 aromatic rings. The molecule has 0 radical (unpaired) electrons. The molecule has 1 aliphatic carbocycles. The maximum absolute atomic E-state index is 12.7. The Morgan fingerprint density at radius 1 is 1.05 bits per heavy atom. The Hall–Kier alpha value is -3.65. The SMILES string of the molecule is C=CCc1ccccc1OCCOc1ccc(/C=C2/C(=N)N3N=C(C4CCCCC4)SC3=NC2=O)cc1. The van der Waals surface area contributed by atoms with Crippen LogP contribution in [-0.4, -0.2) is 40.2 Å². The molecule has 190 valence electrons. The molecule has 8 heteroatoms. The summed E-state index contributed by atoms with van der Waals surface area (Å²) in [5.41, 5.74) is 2.12. The summed E-state index contributed by atoms with van der Waals surface area (Å²) in [6.45, 7) is 4.61. The molecule has 0 spiro atoms. The van der Waals surface area contributed by atoms with Gasteiger partial charge in [-0.3, -0.25) is 10.2 Å². The van der Waals surface area contributed by atoms with Crippen molar-refractivity contribution in [1.29, 1.82) is 5.41 Å². The van der Waals surface area contributed by atoms with E-state index in [9.17, 15) is 4.79 Å². The molecule has 1 amide bonds. The van der Waals surface area contributed by atoms with Crippen LogP contribution in [0.15, 0.2) is 76.9 Å². The van der Waals surface area contributed by atoms with Crippen LogP contribution in [-0.2, 0) is 11.2 Å². The second-order valence-corrected chi connectivity index (χ2v) is 10.1. The molecule has 1 fully saturated rings. The Labute approximate surface area is 221 Å². The number of amidine groups is 2. The molecule has 0 unspecified atom stereocenters. The number of ether oxygens (including phenoxy) is 2. The summed E-state index contributed by atoms with van der Waals surface area (Å²) >= 11 is 1.44. The Kier molecular flexibility index (Phi) is 7.84. The van der Waals surface area contributed by atoms with Crippen LogP contribution >= 0.6 is 11.8 Å². The van der Waals surface area contributed by atoms with Crippen molar-refractivity contribution in [2.24, 2.45) is 16.0 Å². The van der Waals surface area contributed by atoms with Crippen molar-refractivity contribution in [3.05, 3.63) is 77.9 Å². The van der Waals surface area contributed by atoms with E-state index in [2.05, 4.69) is 16.7 Å². The molecule has 1 saturated carbocycles. The Morgan fingerprint density at radius 2 is 1.81 bits per heavy atom. The maximum Gasteiger partial charge on any atom is 0.283 e. The van der Waals surface area contributed by atoms with E-state index in [0.29, 0.717) is 30.0 Å². The van der Waals surface area contributed by atoms with Gasteiger partial charge in [0.2, 0.25) is 5.17 Å². The highest BCUT2D eigenvalue weighted by atomic mass is 32.2. The van der Waals surface area contributed by atoms with Gasteiger partial charge in [-0.2, -0.15) is 15.1 Å². The normalized spacial score (nSPS) is 18.9. The van der Waals surface area contributed by atoms with Crippen molar-refractivity contribution >= 4 is 39.8 Å². The van der Waals surface area contributed by atoms with Crippen molar-refractivity contribution in [1.82, 2.24) is 5.01 Å². The number of aliphatic imine (C=N–C) groups is 1. The standard InChI is InChI=1S/C29H30N4O3S/c1-2-8-21-9-6-7-12-25(21)36-18-17-35-23-15-13-20(14-16-23)19-24-26(30)33-29(31-27(24)34)37-28(32-33)22-10-4-3-5-11-22/h2,6-7,9,12-16,19,22,30H,1,3-5,8,10-11,17-18H2/b24-19-,30-26?. The summed E-state index contributed by atoms with van der Waals surface area (Å²) in [6.07, 6.45) is 10.2. The van der Waals surface area contributed by atoms with Crippen molar-refractivity contribution in [3.63, 3.8) is 0 Å². The van der Waals surface area contributed by atoms with Crippen LogP contribution < -0.4 is 9.47 Å². The molecule has 2 aromatic carbocycles. The summed E-state index contributed by atoms with van der Waals surface area (Å²) in [5.74, 6) is 1.61. The average molecular weight is 515 g/mol. The van der Waals surface area contributed by atoms with Crippen molar-refractivity contribution < 1.29 is 14.3 Å². The number of thioether (sulfide) groups is 1. The minimum atomic E-state index is -0.405. The van der Waals surface area contributed by atoms with Gasteiger partial charge in [-0.1, -0.05) is 55.7 Å². The summed E-state index contributed by atoms with van der Waals surface area (Å²) in [7, 11) is 0. The first kappa shape index (κ1) is 25.0. The quantitative estimate of drug-likeness (QED) is 0.249. The van der Waals surface area contributed by atoms with E-state index in [0.717, 1.165) is 41.2 Å². The fourth-order valence-electron chi connectivity index (χ4n) is 4.63. The lowest BCUT2D eigenvalue weighted by Crippen LogP contribution is -2.35. The number of hydrogen-bond acceptors (Lipinski definition) is 6. The molecule has 2 aliphatic heterocycles. The molecule has 37 heavy (non-hydrogen) atoms. The Morgan fingerprint density at radius 3 is 2.59 bits per heavy atom. The molecule has 2 heterocycles. The molecule has 0 saturated heterocycles. The zero-order valence-electron chi connectivity index (χ0n) is 20.7. The van der Waals surface area contributed by atoms with Crippen molar-refractivity contribution in [2.75, 3.05) is 13.2 Å². The highest BCUT2D eigenvalue weighted by Crippen LogP contribution is 2.36. The van der Waals surface area contributed by atoms with Gasteiger partial charge in [0.25, 0.3) is 5.91 Å². The number of hydrogen-bond donors (Lipinski definition) is 1. The highest BCUT2D eigenvalue weighted by molar-refractivity contribution is 8.27. The predicted octanol–water partition coefficient (Wildman–Crippen LogP) is 6.07. The summed E-state index contributed by atoms with van der Waals surface area (Å²) < 4.78 is 11.7. The fraction of sp³-hybridized carbons (Fsp3) is 0.310. The number of rotatable bonds is 9. The van der Waals surface area contributed by atoms with E-state index >= 15 is 0 Å². The van der Waals surface area contributed by atoms with Crippen LogP contribution in [0.2, 0.25) is 0 Å². The van der Waals surface area contributed by atoms with E-state index in [-0.39, 0.29) is 11.4 Å². The third-order valence-electron chi connectivity index (χ3n) is 6.56. The monoisotopic (exact) mass is 514 g/mol. The predicted molar refractivity (Wildman–Crippen MR) is 149 cm³/mol. The number of carbonyl (C=O) groups is 1. The molecule has 5 rings (SSSR count). The van der Waals surface area contributed by atoms with E-state index in [1.807, 2.05) is 54.6 Å². The number of benzene rings is 2. The third-order valence-corrected chi connectivity index (χ3v) is 7.63. The Balaban J connectivity index is 1.18. The number of hydrazone groups is 1. The van der Waals surface area contributed by atoms with Gasteiger partial charge in [0.05, 0.1) is 5.57 Å². The number of fused-ring (bicyclic) bond motifs is 1. The van der Waals surface area contributed by atoms with Crippen molar-refractivity contribution in [3.8, 4) is 11.5 Å². The van der Waals surface area contributed by atoms with Gasteiger partial charge in [-0.05, 0) is 66.4 Å². The second kappa shape index (κ2) is 11.6. The van der Waals surface area contributed by atoms with Crippen LogP contribution in [0.25, 0.3) is 6.08 Å². The maximum atomic E-state index is 12.7. The highest BCUT2D eigenvalue weighted by Gasteiger charge is 2.37. The molecule has 1 N–H and O–H groups in total. The van der Waals surface area contributed by atoms with Crippen LogP contribution in [0.1, 0.15) is 43.2 Å². The zero-order chi connectivity index (χ0) is 25.6. The van der Waals surface area contributed by atoms with Crippen LogP contribution in [0.5, 0.6) is 11.5 Å². The number of amides is 1. The van der Waals surface area contributed by atoms with Gasteiger partial charge in [0, 0.05) is 5.92 Å². The summed E-state index contributed by atoms with van der Waals surface area (Å²) in [4.78, 5) is 17.0. The number of nitrogens with one attached hydrogen (secondary N) is 1. The lowest BCUT2D eigenvalue weighted by Gasteiger charge is -2.20. The smallest absolute Gasteiger partial charge is 0.283 e. The molecule has 3 aliphatic rings. The van der Waals surface area contributed by atoms with E-state index in [4.69, 9.17) is 14.9 Å². The number of para-hydroxylation sites is 1. The summed E-state index contributed by atoms with van der Waals surface area (Å²) in [6, 6.07) is 15.3. The second-order valence-electron chi connectivity index (χ2n) is 9.16.